The number of nitrogens with zero attached hydrogens (tertiary/aromatic N) is 1. The maximum absolute atomic E-state index is 13.3. The van der Waals surface area contributed by atoms with Crippen LogP contribution in [0, 0.1) is 5.92 Å². The van der Waals surface area contributed by atoms with E-state index in [1.54, 1.807) is 0 Å². The number of piperidine rings is 1. The number of likely N-dealkylation sites (tertiary alicyclic amines) is 1. The summed E-state index contributed by atoms with van der Waals surface area (Å²) in [5, 5.41) is 0. The SMILES string of the molecule is CC(=O)OCCCCN1CCC(C(=O)c2ccc(C3C(c4ccccc4)C3c3ccccc3)cc2)CC1. The van der Waals surface area contributed by atoms with Crippen molar-refractivity contribution in [1.29, 1.82) is 0 Å². The van der Waals surface area contributed by atoms with Gasteiger partial charge in [0.15, 0.2) is 5.78 Å². The third-order valence-corrected chi connectivity index (χ3v) is 8.10. The van der Waals surface area contributed by atoms with Gasteiger partial charge < -0.3 is 9.64 Å². The number of rotatable bonds is 10. The first-order valence-corrected chi connectivity index (χ1v) is 13.7. The zero-order valence-electron chi connectivity index (χ0n) is 21.7. The molecule has 1 aliphatic carbocycles. The molecular formula is C33H37NO3. The molecular weight excluding hydrogens is 458 g/mol. The first kappa shape index (κ1) is 25.4. The van der Waals surface area contributed by atoms with Gasteiger partial charge in [0.25, 0.3) is 0 Å². The molecule has 3 aromatic carbocycles. The summed E-state index contributed by atoms with van der Waals surface area (Å²) in [5.74, 6) is 1.58. The minimum atomic E-state index is -0.212. The number of Topliss-reactive ketones (excluding diaryl/α,β-unsaturated/α-hetero) is 1. The Bertz CT molecular complexity index is 1120. The first-order valence-electron chi connectivity index (χ1n) is 13.7. The van der Waals surface area contributed by atoms with Gasteiger partial charge in [0, 0.05) is 18.4 Å². The molecule has 192 valence electrons. The van der Waals surface area contributed by atoms with Gasteiger partial charge in [-0.1, -0.05) is 84.9 Å². The van der Waals surface area contributed by atoms with Crippen LogP contribution in [0.3, 0.4) is 0 Å². The lowest BCUT2D eigenvalue weighted by molar-refractivity contribution is -0.141. The number of carbonyl (C=O) groups excluding carboxylic acids is 2. The fourth-order valence-corrected chi connectivity index (χ4v) is 6.08. The second-order valence-corrected chi connectivity index (χ2v) is 10.5. The van der Waals surface area contributed by atoms with Crippen LogP contribution >= 0.6 is 0 Å². The maximum atomic E-state index is 13.3. The van der Waals surface area contributed by atoms with Crippen molar-refractivity contribution in [2.45, 2.75) is 50.4 Å². The highest BCUT2D eigenvalue weighted by molar-refractivity contribution is 5.98. The maximum Gasteiger partial charge on any atom is 0.302 e. The Balaban J connectivity index is 1.17. The number of hydrogen-bond acceptors (Lipinski definition) is 4. The molecule has 5 rings (SSSR count). The molecule has 2 atom stereocenters. The van der Waals surface area contributed by atoms with Crippen molar-refractivity contribution >= 4 is 11.8 Å². The van der Waals surface area contributed by atoms with E-state index in [0.29, 0.717) is 24.4 Å². The lowest BCUT2D eigenvalue weighted by Crippen LogP contribution is -2.37. The summed E-state index contributed by atoms with van der Waals surface area (Å²) >= 11 is 0. The quantitative estimate of drug-likeness (QED) is 0.181. The van der Waals surface area contributed by atoms with Crippen molar-refractivity contribution in [2.24, 2.45) is 5.92 Å². The van der Waals surface area contributed by atoms with E-state index in [0.717, 1.165) is 50.9 Å². The molecule has 4 nitrogen and oxygen atoms in total. The number of carbonyl (C=O) groups is 2. The topological polar surface area (TPSA) is 46.6 Å². The predicted octanol–water partition coefficient (Wildman–Crippen LogP) is 6.59. The van der Waals surface area contributed by atoms with E-state index in [9.17, 15) is 9.59 Å². The monoisotopic (exact) mass is 495 g/mol. The van der Waals surface area contributed by atoms with Crippen LogP contribution in [0.4, 0.5) is 0 Å². The Morgan fingerprint density at radius 3 is 1.76 bits per heavy atom. The number of unbranched alkanes of at least 4 members (excludes halogenated alkanes) is 1. The summed E-state index contributed by atoms with van der Waals surface area (Å²) in [7, 11) is 0. The first-order chi connectivity index (χ1) is 18.1. The molecule has 0 amide bonds. The molecule has 37 heavy (non-hydrogen) atoms. The Hall–Kier alpha value is -3.24. The predicted molar refractivity (Wildman–Crippen MR) is 147 cm³/mol. The second kappa shape index (κ2) is 11.9. The van der Waals surface area contributed by atoms with Gasteiger partial charge >= 0.3 is 5.97 Å². The van der Waals surface area contributed by atoms with Crippen molar-refractivity contribution < 1.29 is 14.3 Å². The Morgan fingerprint density at radius 1 is 0.730 bits per heavy atom. The van der Waals surface area contributed by atoms with Gasteiger partial charge in [-0.2, -0.15) is 0 Å². The molecule has 2 fully saturated rings. The normalized spacial score (nSPS) is 21.9. The minimum Gasteiger partial charge on any atom is -0.466 e. The van der Waals surface area contributed by atoms with Gasteiger partial charge in [0.1, 0.15) is 0 Å². The molecule has 1 saturated heterocycles. The summed E-state index contributed by atoms with van der Waals surface area (Å²) in [6.07, 6.45) is 3.74. The average molecular weight is 496 g/mol. The fourth-order valence-electron chi connectivity index (χ4n) is 6.08. The van der Waals surface area contributed by atoms with Crippen molar-refractivity contribution in [1.82, 2.24) is 4.90 Å². The Labute approximate surface area is 220 Å². The molecule has 1 aliphatic heterocycles. The van der Waals surface area contributed by atoms with Crippen LogP contribution in [-0.4, -0.2) is 42.9 Å². The highest BCUT2D eigenvalue weighted by atomic mass is 16.5. The van der Waals surface area contributed by atoms with E-state index in [1.165, 1.54) is 23.6 Å². The molecule has 1 heterocycles. The highest BCUT2D eigenvalue weighted by Gasteiger charge is 2.52. The zero-order valence-corrected chi connectivity index (χ0v) is 21.7. The molecule has 0 N–H and O–H groups in total. The van der Waals surface area contributed by atoms with Crippen LogP contribution < -0.4 is 0 Å². The van der Waals surface area contributed by atoms with E-state index in [1.807, 2.05) is 0 Å². The zero-order chi connectivity index (χ0) is 25.6. The lowest BCUT2D eigenvalue weighted by Gasteiger charge is -2.31. The van der Waals surface area contributed by atoms with Crippen LogP contribution in [0.5, 0.6) is 0 Å². The largest absolute Gasteiger partial charge is 0.466 e. The molecule has 4 heteroatoms. The Kier molecular flexibility index (Phi) is 8.15. The number of ketones is 1. The van der Waals surface area contributed by atoms with Gasteiger partial charge in [-0.3, -0.25) is 9.59 Å². The molecule has 1 saturated carbocycles. The van der Waals surface area contributed by atoms with E-state index >= 15 is 0 Å². The number of hydrogen-bond donors (Lipinski definition) is 0. The third-order valence-electron chi connectivity index (χ3n) is 8.10. The van der Waals surface area contributed by atoms with Crippen LogP contribution in [0.15, 0.2) is 84.9 Å². The Morgan fingerprint density at radius 2 is 1.24 bits per heavy atom. The van der Waals surface area contributed by atoms with Crippen LogP contribution in [0.2, 0.25) is 0 Å². The number of benzene rings is 3. The van der Waals surface area contributed by atoms with Crippen molar-refractivity contribution in [3.8, 4) is 0 Å². The molecule has 0 aromatic heterocycles. The van der Waals surface area contributed by atoms with Gasteiger partial charge in [-0.05, 0) is 79.8 Å². The van der Waals surface area contributed by atoms with Crippen LogP contribution in [0.25, 0.3) is 0 Å². The van der Waals surface area contributed by atoms with Gasteiger partial charge in [0.2, 0.25) is 0 Å². The van der Waals surface area contributed by atoms with Crippen LogP contribution in [-0.2, 0) is 9.53 Å². The molecule has 0 radical (unpaired) electrons. The van der Waals surface area contributed by atoms with Gasteiger partial charge in [-0.15, -0.1) is 0 Å². The molecule has 0 bridgehead atoms. The fraction of sp³-hybridized carbons (Fsp3) is 0.394. The molecule has 0 spiro atoms. The third kappa shape index (κ3) is 6.19. The van der Waals surface area contributed by atoms with Crippen LogP contribution in [0.1, 0.15) is 77.4 Å². The molecule has 3 aromatic rings. The van der Waals surface area contributed by atoms with Gasteiger partial charge in [-0.25, -0.2) is 0 Å². The van der Waals surface area contributed by atoms with E-state index in [4.69, 9.17) is 4.74 Å². The standard InChI is InChI=1S/C33H37NO3/c1-24(35)37-23-9-8-20-34-21-18-29(19-22-34)33(36)28-16-14-27(15-17-28)32-30(25-10-4-2-5-11-25)31(32)26-12-6-3-7-13-26/h2-7,10-17,29-32H,8-9,18-23H2,1H3. The molecule has 2 aliphatic rings. The summed E-state index contributed by atoms with van der Waals surface area (Å²) in [4.78, 5) is 26.6. The smallest absolute Gasteiger partial charge is 0.302 e. The summed E-state index contributed by atoms with van der Waals surface area (Å²) in [6.45, 7) is 4.87. The number of esters is 1. The van der Waals surface area contributed by atoms with E-state index in [-0.39, 0.29) is 17.7 Å². The second-order valence-electron chi connectivity index (χ2n) is 10.5. The average Bonchev–Trinajstić information content (AvgIpc) is 3.70. The van der Waals surface area contributed by atoms with Crippen molar-refractivity contribution in [3.05, 3.63) is 107 Å². The van der Waals surface area contributed by atoms with Crippen molar-refractivity contribution in [3.63, 3.8) is 0 Å². The number of ether oxygens (including phenoxy) is 1. The summed E-state index contributed by atoms with van der Waals surface area (Å²) in [5.41, 5.74) is 4.94. The van der Waals surface area contributed by atoms with E-state index < -0.39 is 0 Å². The molecule has 2 unspecified atom stereocenters. The highest BCUT2D eigenvalue weighted by Crippen LogP contribution is 2.66. The lowest BCUT2D eigenvalue weighted by atomic mass is 9.88. The van der Waals surface area contributed by atoms with E-state index in [2.05, 4.69) is 89.8 Å². The van der Waals surface area contributed by atoms with Gasteiger partial charge in [0.05, 0.1) is 6.61 Å². The summed E-state index contributed by atoms with van der Waals surface area (Å²) in [6, 6.07) is 30.1. The summed E-state index contributed by atoms with van der Waals surface area (Å²) < 4.78 is 5.01. The van der Waals surface area contributed by atoms with Crippen molar-refractivity contribution in [2.75, 3.05) is 26.2 Å². The minimum absolute atomic E-state index is 0.109.